The molecule has 0 aliphatic heterocycles. The van der Waals surface area contributed by atoms with E-state index in [-0.39, 0.29) is 12.8 Å². The third-order valence-electron chi connectivity index (χ3n) is 4.94. The lowest BCUT2D eigenvalue weighted by Gasteiger charge is -2.22. The largest absolute Gasteiger partial charge is 0.327 e. The highest BCUT2D eigenvalue weighted by Crippen LogP contribution is 2.32. The Hall–Kier alpha value is -0.460. The van der Waals surface area contributed by atoms with Gasteiger partial charge in [0.05, 0.1) is 0 Å². The molecule has 0 aliphatic rings. The third kappa shape index (κ3) is 17.6. The molecule has 0 aliphatic carbocycles. The Morgan fingerprint density at radius 2 is 1.11 bits per heavy atom. The van der Waals surface area contributed by atoms with E-state index in [0.717, 1.165) is 38.5 Å². The molecule has 28 heavy (non-hydrogen) atoms. The third-order valence-corrected chi connectivity index (χ3v) is 6.27. The molecule has 4 nitrogen and oxygen atoms in total. The number of rotatable bonds is 18. The van der Waals surface area contributed by atoms with Crippen molar-refractivity contribution >= 4 is 10.1 Å². The lowest BCUT2D eigenvalue weighted by atomic mass is 10.0. The van der Waals surface area contributed by atoms with Crippen LogP contribution in [-0.4, -0.2) is 24.5 Å². The molecule has 0 aromatic carbocycles. The zero-order valence-electron chi connectivity index (χ0n) is 18.4. The summed E-state index contributed by atoms with van der Waals surface area (Å²) in [6.07, 6.45) is 16.0. The molecule has 170 valence electrons. The quantitative estimate of drug-likeness (QED) is 0.142. The van der Waals surface area contributed by atoms with E-state index in [1.165, 1.54) is 38.5 Å². The van der Waals surface area contributed by atoms with Crippen molar-refractivity contribution < 1.29 is 17.4 Å². The molecule has 0 radical (unpaired) electrons. The number of hydrogen-bond donors (Lipinski definition) is 2. The first kappa shape index (κ1) is 29.7. The van der Waals surface area contributed by atoms with Crippen LogP contribution in [-0.2, 0) is 10.1 Å². The second kappa shape index (κ2) is 19.8. The number of halogens is 1. The molecule has 3 N–H and O–H groups in total. The Labute approximate surface area is 174 Å². The van der Waals surface area contributed by atoms with Crippen molar-refractivity contribution in [3.8, 4) is 0 Å². The van der Waals surface area contributed by atoms with E-state index in [0.29, 0.717) is 19.4 Å². The molecular formula is C22H46FNO3S. The monoisotopic (exact) mass is 423 g/mol. The number of hydrogen-bond acceptors (Lipinski definition) is 3. The normalized spacial score (nSPS) is 13.5. The smallest absolute Gasteiger partial charge is 0.300 e. The van der Waals surface area contributed by atoms with Gasteiger partial charge in [0.25, 0.3) is 10.1 Å². The van der Waals surface area contributed by atoms with Crippen molar-refractivity contribution in [2.24, 2.45) is 5.73 Å². The van der Waals surface area contributed by atoms with Crippen molar-refractivity contribution in [2.45, 2.75) is 122 Å². The molecular weight excluding hydrogens is 377 g/mol. The van der Waals surface area contributed by atoms with Crippen LogP contribution in [0.15, 0.2) is 12.7 Å². The molecule has 0 amide bonds. The van der Waals surface area contributed by atoms with Crippen molar-refractivity contribution in [3.05, 3.63) is 12.7 Å². The molecule has 6 heteroatoms. The van der Waals surface area contributed by atoms with Gasteiger partial charge in [0, 0.05) is 6.54 Å². The molecule has 1 atom stereocenters. The van der Waals surface area contributed by atoms with Gasteiger partial charge in [0.1, 0.15) is 0 Å². The Morgan fingerprint density at radius 3 is 1.39 bits per heavy atom. The van der Waals surface area contributed by atoms with Gasteiger partial charge in [0.2, 0.25) is 5.00 Å². The van der Waals surface area contributed by atoms with Gasteiger partial charge in [-0.1, -0.05) is 97.0 Å². The first-order valence-electron chi connectivity index (χ1n) is 11.3. The maximum Gasteiger partial charge on any atom is 0.300 e. The van der Waals surface area contributed by atoms with Crippen LogP contribution in [0.5, 0.6) is 0 Å². The van der Waals surface area contributed by atoms with Gasteiger partial charge in [-0.15, -0.1) is 6.58 Å². The van der Waals surface area contributed by atoms with Crippen LogP contribution >= 0.6 is 0 Å². The summed E-state index contributed by atoms with van der Waals surface area (Å²) in [5.74, 6) is 0. The first-order chi connectivity index (χ1) is 13.3. The second-order valence-electron chi connectivity index (χ2n) is 7.63. The summed E-state index contributed by atoms with van der Waals surface area (Å²) in [6.45, 7) is 8.20. The maximum absolute atomic E-state index is 14.6. The van der Waals surface area contributed by atoms with Crippen molar-refractivity contribution in [3.63, 3.8) is 0 Å². The molecule has 0 saturated heterocycles. The first-order valence-corrected chi connectivity index (χ1v) is 12.7. The Bertz CT molecular complexity index is 443. The zero-order chi connectivity index (χ0) is 21.7. The summed E-state index contributed by atoms with van der Waals surface area (Å²) in [6, 6.07) is 0. The lowest BCUT2D eigenvalue weighted by Crippen LogP contribution is -2.33. The predicted octanol–water partition coefficient (Wildman–Crippen LogP) is 6.95. The topological polar surface area (TPSA) is 80.4 Å². The van der Waals surface area contributed by atoms with Crippen LogP contribution in [0.25, 0.3) is 0 Å². The highest BCUT2D eigenvalue weighted by molar-refractivity contribution is 7.87. The molecule has 1 unspecified atom stereocenters. The summed E-state index contributed by atoms with van der Waals surface area (Å²) >= 11 is 0. The van der Waals surface area contributed by atoms with E-state index in [1.54, 1.807) is 6.08 Å². The van der Waals surface area contributed by atoms with Crippen molar-refractivity contribution in [2.75, 3.05) is 6.54 Å². The van der Waals surface area contributed by atoms with Gasteiger partial charge < -0.3 is 5.73 Å². The van der Waals surface area contributed by atoms with Crippen molar-refractivity contribution in [1.82, 2.24) is 0 Å². The molecule has 0 aromatic heterocycles. The highest BCUT2D eigenvalue weighted by atomic mass is 32.2. The summed E-state index contributed by atoms with van der Waals surface area (Å²) in [4.78, 5) is 0. The zero-order valence-corrected chi connectivity index (χ0v) is 19.2. The summed E-state index contributed by atoms with van der Waals surface area (Å²) in [5, 5.41) is -2.44. The molecule has 0 heterocycles. The number of alkyl halides is 1. The van der Waals surface area contributed by atoms with Crippen LogP contribution < -0.4 is 5.73 Å². The van der Waals surface area contributed by atoms with E-state index in [4.69, 9.17) is 5.73 Å². The minimum absolute atomic E-state index is 0.0749. The lowest BCUT2D eigenvalue weighted by molar-refractivity contribution is 0.203. The van der Waals surface area contributed by atoms with E-state index in [9.17, 15) is 17.4 Å². The second-order valence-corrected chi connectivity index (χ2v) is 9.31. The summed E-state index contributed by atoms with van der Waals surface area (Å²) < 4.78 is 46.6. The van der Waals surface area contributed by atoms with Gasteiger partial charge in [0.15, 0.2) is 0 Å². The van der Waals surface area contributed by atoms with Crippen LogP contribution in [0.3, 0.4) is 0 Å². The minimum atomic E-state index is -4.63. The van der Waals surface area contributed by atoms with Crippen molar-refractivity contribution in [1.29, 1.82) is 0 Å². The average molecular weight is 424 g/mol. The molecule has 0 bridgehead atoms. The SMILES string of the molecule is C=CCN.CCCCCCCCCCCCC(F)(CCCCCC)S(=O)(=O)O. The van der Waals surface area contributed by atoms with Gasteiger partial charge >= 0.3 is 0 Å². The molecule has 0 rings (SSSR count). The van der Waals surface area contributed by atoms with Crippen LogP contribution in [0.1, 0.15) is 117 Å². The van der Waals surface area contributed by atoms with E-state index >= 15 is 0 Å². The minimum Gasteiger partial charge on any atom is -0.327 e. The molecule has 0 fully saturated rings. The highest BCUT2D eigenvalue weighted by Gasteiger charge is 2.41. The van der Waals surface area contributed by atoms with Crippen LogP contribution in [0.2, 0.25) is 0 Å². The Balaban J connectivity index is 0. The van der Waals surface area contributed by atoms with Crippen LogP contribution in [0, 0.1) is 0 Å². The van der Waals surface area contributed by atoms with E-state index in [1.807, 2.05) is 0 Å². The fraction of sp³-hybridized carbons (Fsp3) is 0.909. The molecule has 0 saturated carbocycles. The van der Waals surface area contributed by atoms with Gasteiger partial charge in [-0.05, 0) is 25.7 Å². The predicted molar refractivity (Wildman–Crippen MR) is 120 cm³/mol. The van der Waals surface area contributed by atoms with Gasteiger partial charge in [-0.25, -0.2) is 4.39 Å². The van der Waals surface area contributed by atoms with Crippen LogP contribution in [0.4, 0.5) is 4.39 Å². The fourth-order valence-electron chi connectivity index (χ4n) is 3.08. The standard InChI is InChI=1S/C19H39FO3S.C3H7N/c1-3-5-7-9-10-11-12-13-14-16-18-19(20,24(21,22)23)17-15-8-6-4-2;1-2-3-4/h3-18H2,1-2H3,(H,21,22,23);2H,1,3-4H2. The molecule has 0 aromatic rings. The Morgan fingerprint density at radius 1 is 0.821 bits per heavy atom. The van der Waals surface area contributed by atoms with E-state index < -0.39 is 15.1 Å². The summed E-state index contributed by atoms with van der Waals surface area (Å²) in [7, 11) is -4.63. The van der Waals surface area contributed by atoms with Gasteiger partial charge in [-0.2, -0.15) is 8.42 Å². The maximum atomic E-state index is 14.6. The number of nitrogens with two attached hydrogens (primary N) is 1. The van der Waals surface area contributed by atoms with E-state index in [2.05, 4.69) is 20.4 Å². The average Bonchev–Trinajstić information content (AvgIpc) is 2.66. The van der Waals surface area contributed by atoms with Gasteiger partial charge in [-0.3, -0.25) is 4.55 Å². The summed E-state index contributed by atoms with van der Waals surface area (Å²) in [5.41, 5.74) is 4.91. The Kier molecular flexibility index (Phi) is 21.1. The fourth-order valence-corrected chi connectivity index (χ4v) is 3.88. The molecule has 0 spiro atoms. The number of unbranched alkanes of at least 4 members (excludes halogenated alkanes) is 12.